The molecule has 112 valence electrons. The molecule has 4 N–H and O–H groups in total. The number of rotatable bonds is 6. The molecule has 0 radical (unpaired) electrons. The normalized spacial score (nSPS) is 13.2. The van der Waals surface area contributed by atoms with E-state index in [4.69, 9.17) is 5.73 Å². The summed E-state index contributed by atoms with van der Waals surface area (Å²) < 4.78 is 26.9. The molecule has 0 bridgehead atoms. The van der Waals surface area contributed by atoms with Gasteiger partial charge >= 0.3 is 0 Å². The van der Waals surface area contributed by atoms with Crippen LogP contribution in [-0.4, -0.2) is 34.0 Å². The van der Waals surface area contributed by atoms with Crippen LogP contribution in [0.3, 0.4) is 0 Å². The van der Waals surface area contributed by atoms with Crippen LogP contribution in [0.5, 0.6) is 0 Å². The minimum absolute atomic E-state index is 0.0971. The van der Waals surface area contributed by atoms with E-state index in [0.717, 1.165) is 0 Å². The van der Waals surface area contributed by atoms with E-state index in [1.54, 1.807) is 0 Å². The minimum atomic E-state index is -3.63. The molecule has 0 saturated carbocycles. The predicted octanol–water partition coefficient (Wildman–Crippen LogP) is 0.308. The van der Waals surface area contributed by atoms with Crippen molar-refractivity contribution in [2.45, 2.75) is 24.8 Å². The number of carbonyl (C=O) groups is 1. The van der Waals surface area contributed by atoms with Gasteiger partial charge in [0.05, 0.1) is 4.90 Å². The van der Waals surface area contributed by atoms with Gasteiger partial charge in [-0.2, -0.15) is 0 Å². The zero-order chi connectivity index (χ0) is 15.3. The molecule has 0 aliphatic rings. The summed E-state index contributed by atoms with van der Waals surface area (Å²) in [5, 5.41) is 2.48. The lowest BCUT2D eigenvalue weighted by molar-refractivity contribution is 0.0963. The molecule has 1 unspecified atom stereocenters. The van der Waals surface area contributed by atoms with E-state index in [-0.39, 0.29) is 29.3 Å². The van der Waals surface area contributed by atoms with Crippen LogP contribution < -0.4 is 15.8 Å². The van der Waals surface area contributed by atoms with Gasteiger partial charge < -0.3 is 11.1 Å². The smallest absolute Gasteiger partial charge is 0.251 e. The van der Waals surface area contributed by atoms with Gasteiger partial charge in [0.25, 0.3) is 5.91 Å². The van der Waals surface area contributed by atoms with Crippen molar-refractivity contribution in [1.82, 2.24) is 10.0 Å². The van der Waals surface area contributed by atoms with Gasteiger partial charge in [-0.3, -0.25) is 4.79 Å². The van der Waals surface area contributed by atoms with Crippen molar-refractivity contribution >= 4 is 15.9 Å². The van der Waals surface area contributed by atoms with E-state index in [0.29, 0.717) is 5.56 Å². The van der Waals surface area contributed by atoms with Gasteiger partial charge in [-0.1, -0.05) is 13.8 Å². The van der Waals surface area contributed by atoms with Crippen LogP contribution >= 0.6 is 0 Å². The fourth-order valence-corrected chi connectivity index (χ4v) is 3.05. The molecule has 1 aromatic rings. The van der Waals surface area contributed by atoms with Crippen molar-refractivity contribution in [2.75, 3.05) is 13.6 Å². The third-order valence-corrected chi connectivity index (χ3v) is 4.52. The van der Waals surface area contributed by atoms with Crippen LogP contribution in [0.2, 0.25) is 0 Å². The second kappa shape index (κ2) is 6.83. The highest BCUT2D eigenvalue weighted by atomic mass is 32.2. The van der Waals surface area contributed by atoms with Crippen LogP contribution in [0.1, 0.15) is 24.2 Å². The number of amides is 1. The lowest BCUT2D eigenvalue weighted by Gasteiger charge is -2.20. The van der Waals surface area contributed by atoms with Crippen molar-refractivity contribution < 1.29 is 13.2 Å². The van der Waals surface area contributed by atoms with E-state index in [1.807, 2.05) is 13.8 Å². The van der Waals surface area contributed by atoms with E-state index in [1.165, 1.54) is 31.3 Å². The van der Waals surface area contributed by atoms with Crippen LogP contribution in [0.4, 0.5) is 0 Å². The molecule has 6 nitrogen and oxygen atoms in total. The monoisotopic (exact) mass is 299 g/mol. The summed E-state index contributed by atoms with van der Waals surface area (Å²) in [5.74, 6) is -0.163. The maximum Gasteiger partial charge on any atom is 0.251 e. The minimum Gasteiger partial charge on any atom is -0.355 e. The number of carbonyl (C=O) groups excluding carboxylic acids is 1. The maximum absolute atomic E-state index is 12.2. The van der Waals surface area contributed by atoms with Gasteiger partial charge in [0.1, 0.15) is 0 Å². The zero-order valence-corrected chi connectivity index (χ0v) is 12.7. The molecule has 20 heavy (non-hydrogen) atoms. The lowest BCUT2D eigenvalue weighted by Crippen LogP contribution is -2.43. The van der Waals surface area contributed by atoms with Crippen LogP contribution in [0.15, 0.2) is 29.2 Å². The fraction of sp³-hybridized carbons (Fsp3) is 0.462. The number of nitrogens with one attached hydrogen (secondary N) is 2. The number of hydrogen-bond acceptors (Lipinski definition) is 4. The second-order valence-electron chi connectivity index (χ2n) is 4.81. The summed E-state index contributed by atoms with van der Waals surface area (Å²) >= 11 is 0. The first-order valence-corrected chi connectivity index (χ1v) is 7.84. The number of hydrogen-bond donors (Lipinski definition) is 3. The van der Waals surface area contributed by atoms with Crippen molar-refractivity contribution in [3.8, 4) is 0 Å². The second-order valence-corrected chi connectivity index (χ2v) is 6.52. The molecule has 0 aromatic heterocycles. The van der Waals surface area contributed by atoms with Crippen molar-refractivity contribution in [1.29, 1.82) is 0 Å². The van der Waals surface area contributed by atoms with E-state index < -0.39 is 10.0 Å². The Bertz CT molecular complexity index is 553. The highest BCUT2D eigenvalue weighted by molar-refractivity contribution is 7.89. The van der Waals surface area contributed by atoms with Crippen LogP contribution in [0.25, 0.3) is 0 Å². The first kappa shape index (κ1) is 16.6. The van der Waals surface area contributed by atoms with Crippen molar-refractivity contribution in [3.05, 3.63) is 29.8 Å². The molecule has 1 rings (SSSR count). The van der Waals surface area contributed by atoms with Crippen molar-refractivity contribution in [3.63, 3.8) is 0 Å². The molecule has 0 heterocycles. The Hall–Kier alpha value is -1.44. The van der Waals surface area contributed by atoms with E-state index in [2.05, 4.69) is 10.0 Å². The largest absolute Gasteiger partial charge is 0.355 e. The number of nitrogens with two attached hydrogens (primary N) is 1. The van der Waals surface area contributed by atoms with E-state index >= 15 is 0 Å². The summed E-state index contributed by atoms with van der Waals surface area (Å²) in [4.78, 5) is 11.5. The number of benzene rings is 1. The fourth-order valence-electron chi connectivity index (χ4n) is 1.65. The third-order valence-electron chi connectivity index (χ3n) is 3.02. The van der Waals surface area contributed by atoms with E-state index in [9.17, 15) is 13.2 Å². The van der Waals surface area contributed by atoms with Gasteiger partial charge in [-0.15, -0.1) is 0 Å². The van der Waals surface area contributed by atoms with Gasteiger partial charge in [0.15, 0.2) is 0 Å². The predicted molar refractivity (Wildman–Crippen MR) is 77.8 cm³/mol. The Morgan fingerprint density at radius 1 is 1.25 bits per heavy atom. The highest BCUT2D eigenvalue weighted by Crippen LogP contribution is 2.12. The first-order valence-electron chi connectivity index (χ1n) is 6.36. The third kappa shape index (κ3) is 4.03. The molecule has 0 aliphatic carbocycles. The van der Waals surface area contributed by atoms with Gasteiger partial charge in [0.2, 0.25) is 10.0 Å². The Kier molecular flexibility index (Phi) is 5.67. The number of sulfonamides is 1. The summed E-state index contributed by atoms with van der Waals surface area (Å²) in [6.07, 6.45) is 0. The molecule has 1 aromatic carbocycles. The molecule has 1 atom stereocenters. The Balaban J connectivity index is 2.96. The van der Waals surface area contributed by atoms with Crippen LogP contribution in [-0.2, 0) is 10.0 Å². The highest BCUT2D eigenvalue weighted by Gasteiger charge is 2.21. The molecular weight excluding hydrogens is 278 g/mol. The molecule has 0 fully saturated rings. The quantitative estimate of drug-likeness (QED) is 0.703. The Morgan fingerprint density at radius 2 is 1.80 bits per heavy atom. The Morgan fingerprint density at radius 3 is 2.20 bits per heavy atom. The summed E-state index contributed by atoms with van der Waals surface area (Å²) in [6, 6.07) is 5.43. The van der Waals surface area contributed by atoms with Gasteiger partial charge in [0, 0.05) is 25.2 Å². The zero-order valence-electron chi connectivity index (χ0n) is 11.9. The topological polar surface area (TPSA) is 101 Å². The molecule has 1 amide bonds. The molecule has 0 aliphatic heterocycles. The first-order chi connectivity index (χ1) is 9.31. The summed E-state index contributed by atoms with van der Waals surface area (Å²) in [7, 11) is -2.11. The van der Waals surface area contributed by atoms with Crippen molar-refractivity contribution in [2.24, 2.45) is 11.7 Å². The maximum atomic E-state index is 12.2. The van der Waals surface area contributed by atoms with Gasteiger partial charge in [-0.05, 0) is 30.2 Å². The molecule has 7 heteroatoms. The molecular formula is C13H21N3O3S. The summed E-state index contributed by atoms with van der Waals surface area (Å²) in [6.45, 7) is 4.02. The standard InChI is InChI=1S/C13H21N3O3S/c1-9(2)12(8-14)16-20(18,19)11-6-4-10(5-7-11)13(17)15-3/h4-7,9,12,16H,8,14H2,1-3H3,(H,15,17). The van der Waals surface area contributed by atoms with Gasteiger partial charge in [-0.25, -0.2) is 13.1 Å². The SMILES string of the molecule is CNC(=O)c1ccc(S(=O)(=O)NC(CN)C(C)C)cc1. The summed E-state index contributed by atoms with van der Waals surface area (Å²) in [5.41, 5.74) is 5.97. The molecule has 0 spiro atoms. The molecule has 0 saturated heterocycles. The van der Waals surface area contributed by atoms with Crippen LogP contribution in [0, 0.1) is 5.92 Å². The average molecular weight is 299 g/mol. The lowest BCUT2D eigenvalue weighted by atomic mass is 10.1. The average Bonchev–Trinajstić information content (AvgIpc) is 2.43. The Labute approximate surface area is 119 Å².